The number of amides is 1. The number of terminal acetylenes is 1. The van der Waals surface area contributed by atoms with E-state index in [1.807, 2.05) is 6.92 Å². The van der Waals surface area contributed by atoms with Crippen LogP contribution in [0.15, 0.2) is 0 Å². The van der Waals surface area contributed by atoms with Crippen molar-refractivity contribution in [3.05, 3.63) is 0 Å². The van der Waals surface area contributed by atoms with Gasteiger partial charge in [0, 0.05) is 6.04 Å². The van der Waals surface area contributed by atoms with Gasteiger partial charge >= 0.3 is 0 Å². The molecule has 66 valence electrons. The molecule has 0 bridgehead atoms. The second-order valence-electron chi connectivity index (χ2n) is 3.09. The lowest BCUT2D eigenvalue weighted by Crippen LogP contribution is -2.43. The molecule has 0 aromatic rings. The summed E-state index contributed by atoms with van der Waals surface area (Å²) in [6.07, 6.45) is 7.28. The predicted molar refractivity (Wildman–Crippen MR) is 47.5 cm³/mol. The summed E-state index contributed by atoms with van der Waals surface area (Å²) in [4.78, 5) is 11.3. The smallest absolute Gasteiger partial charge is 0.237 e. The third kappa shape index (κ3) is 2.93. The van der Waals surface area contributed by atoms with E-state index in [9.17, 15) is 4.79 Å². The highest BCUT2D eigenvalue weighted by molar-refractivity contribution is 5.81. The van der Waals surface area contributed by atoms with Crippen LogP contribution < -0.4 is 10.6 Å². The summed E-state index contributed by atoms with van der Waals surface area (Å²) in [5, 5.41) is 5.81. The molecule has 3 heteroatoms. The van der Waals surface area contributed by atoms with Crippen LogP contribution in [0.4, 0.5) is 0 Å². The highest BCUT2D eigenvalue weighted by Gasteiger charge is 2.25. The Balaban J connectivity index is 2.16. The molecule has 0 saturated heterocycles. The maximum atomic E-state index is 11.3. The van der Waals surface area contributed by atoms with Gasteiger partial charge in [-0.15, -0.1) is 6.42 Å². The molecule has 2 N–H and O–H groups in total. The van der Waals surface area contributed by atoms with Gasteiger partial charge in [0.15, 0.2) is 0 Å². The lowest BCUT2D eigenvalue weighted by atomic mass is 10.3. The van der Waals surface area contributed by atoms with Gasteiger partial charge in [-0.1, -0.05) is 5.92 Å². The number of hydrogen-bond donors (Lipinski definition) is 2. The quantitative estimate of drug-likeness (QED) is 0.571. The fourth-order valence-corrected chi connectivity index (χ4v) is 0.859. The van der Waals surface area contributed by atoms with Crippen molar-refractivity contribution in [1.29, 1.82) is 0 Å². The van der Waals surface area contributed by atoms with Gasteiger partial charge in [0.1, 0.15) is 0 Å². The van der Waals surface area contributed by atoms with Crippen molar-refractivity contribution >= 4 is 5.91 Å². The first-order valence-corrected chi connectivity index (χ1v) is 4.21. The van der Waals surface area contributed by atoms with E-state index in [1.165, 1.54) is 0 Å². The van der Waals surface area contributed by atoms with E-state index < -0.39 is 0 Å². The highest BCUT2D eigenvalue weighted by Crippen LogP contribution is 2.18. The fourth-order valence-electron chi connectivity index (χ4n) is 0.859. The Morgan fingerprint density at radius 3 is 2.92 bits per heavy atom. The summed E-state index contributed by atoms with van der Waals surface area (Å²) >= 11 is 0. The summed E-state index contributed by atoms with van der Waals surface area (Å²) in [6.45, 7) is 2.26. The van der Waals surface area contributed by atoms with Gasteiger partial charge in [-0.25, -0.2) is 0 Å². The average molecular weight is 166 g/mol. The van der Waals surface area contributed by atoms with E-state index >= 15 is 0 Å². The summed E-state index contributed by atoms with van der Waals surface area (Å²) < 4.78 is 0. The lowest BCUT2D eigenvalue weighted by molar-refractivity contribution is -0.122. The molecule has 0 heterocycles. The topological polar surface area (TPSA) is 41.1 Å². The summed E-state index contributed by atoms with van der Waals surface area (Å²) in [5.41, 5.74) is 0. The third-order valence-corrected chi connectivity index (χ3v) is 1.83. The van der Waals surface area contributed by atoms with Crippen molar-refractivity contribution in [3.63, 3.8) is 0 Å². The zero-order valence-corrected chi connectivity index (χ0v) is 7.26. The van der Waals surface area contributed by atoms with Crippen LogP contribution in [0, 0.1) is 12.3 Å². The first-order valence-electron chi connectivity index (χ1n) is 4.21. The molecule has 0 aliphatic heterocycles. The molecule has 12 heavy (non-hydrogen) atoms. The minimum Gasteiger partial charge on any atom is -0.352 e. The van der Waals surface area contributed by atoms with E-state index in [4.69, 9.17) is 6.42 Å². The second kappa shape index (κ2) is 4.13. The standard InChI is InChI=1S/C9H14N2O/c1-3-6-10-7(2)9(12)11-8-4-5-8/h1,7-8,10H,4-6H2,2H3,(H,11,12). The number of rotatable bonds is 4. The Labute approximate surface area is 72.9 Å². The Morgan fingerprint density at radius 2 is 2.42 bits per heavy atom. The van der Waals surface area contributed by atoms with E-state index in [2.05, 4.69) is 16.6 Å². The van der Waals surface area contributed by atoms with Crippen LogP contribution >= 0.6 is 0 Å². The molecule has 1 aliphatic carbocycles. The number of hydrogen-bond acceptors (Lipinski definition) is 2. The van der Waals surface area contributed by atoms with Crippen molar-refractivity contribution in [3.8, 4) is 12.3 Å². The van der Waals surface area contributed by atoms with E-state index in [0.717, 1.165) is 12.8 Å². The molecule has 0 aromatic heterocycles. The van der Waals surface area contributed by atoms with Gasteiger partial charge in [-0.05, 0) is 19.8 Å². The molecule has 0 aromatic carbocycles. The van der Waals surface area contributed by atoms with Gasteiger partial charge in [0.2, 0.25) is 5.91 Å². The fraction of sp³-hybridized carbons (Fsp3) is 0.667. The molecule has 1 fully saturated rings. The molecule has 0 radical (unpaired) electrons. The molecule has 1 amide bonds. The second-order valence-corrected chi connectivity index (χ2v) is 3.09. The number of nitrogens with one attached hydrogen (secondary N) is 2. The Morgan fingerprint density at radius 1 is 1.75 bits per heavy atom. The van der Waals surface area contributed by atoms with Gasteiger partial charge in [-0.2, -0.15) is 0 Å². The van der Waals surface area contributed by atoms with Crippen molar-refractivity contribution < 1.29 is 4.79 Å². The monoisotopic (exact) mass is 166 g/mol. The molecule has 1 rings (SSSR count). The molecule has 3 nitrogen and oxygen atoms in total. The molecule has 1 atom stereocenters. The Bertz CT molecular complexity index is 203. The van der Waals surface area contributed by atoms with Crippen molar-refractivity contribution in [1.82, 2.24) is 10.6 Å². The van der Waals surface area contributed by atoms with Gasteiger partial charge in [-0.3, -0.25) is 10.1 Å². The van der Waals surface area contributed by atoms with E-state index in [-0.39, 0.29) is 11.9 Å². The van der Waals surface area contributed by atoms with Gasteiger partial charge in [0.05, 0.1) is 12.6 Å². The average Bonchev–Trinajstić information content (AvgIpc) is 2.83. The SMILES string of the molecule is C#CCNC(C)C(=O)NC1CC1. The van der Waals surface area contributed by atoms with Crippen LogP contribution in [0.1, 0.15) is 19.8 Å². The minimum atomic E-state index is -0.179. The van der Waals surface area contributed by atoms with Crippen molar-refractivity contribution in [2.75, 3.05) is 6.54 Å². The summed E-state index contributed by atoms with van der Waals surface area (Å²) in [7, 11) is 0. The summed E-state index contributed by atoms with van der Waals surface area (Å²) in [6, 6.07) is 0.245. The van der Waals surface area contributed by atoms with Crippen molar-refractivity contribution in [2.45, 2.75) is 31.8 Å². The van der Waals surface area contributed by atoms with Crippen molar-refractivity contribution in [2.24, 2.45) is 0 Å². The van der Waals surface area contributed by atoms with Crippen LogP contribution in [-0.2, 0) is 4.79 Å². The normalized spacial score (nSPS) is 18.0. The molecule has 1 saturated carbocycles. The minimum absolute atomic E-state index is 0.0488. The van der Waals surface area contributed by atoms with Crippen LogP contribution in [-0.4, -0.2) is 24.5 Å². The van der Waals surface area contributed by atoms with Crippen LogP contribution in [0.25, 0.3) is 0 Å². The first-order chi connectivity index (χ1) is 5.74. The first kappa shape index (κ1) is 9.08. The largest absolute Gasteiger partial charge is 0.352 e. The Kier molecular flexibility index (Phi) is 3.12. The summed E-state index contributed by atoms with van der Waals surface area (Å²) in [5.74, 6) is 2.48. The molecule has 1 unspecified atom stereocenters. The zero-order chi connectivity index (χ0) is 8.97. The number of carbonyl (C=O) groups excluding carboxylic acids is 1. The highest BCUT2D eigenvalue weighted by atomic mass is 16.2. The lowest BCUT2D eigenvalue weighted by Gasteiger charge is -2.11. The predicted octanol–water partition coefficient (Wildman–Crippen LogP) is -0.124. The maximum Gasteiger partial charge on any atom is 0.237 e. The van der Waals surface area contributed by atoms with Crippen LogP contribution in [0.5, 0.6) is 0 Å². The van der Waals surface area contributed by atoms with Crippen LogP contribution in [0.3, 0.4) is 0 Å². The van der Waals surface area contributed by atoms with Crippen LogP contribution in [0.2, 0.25) is 0 Å². The van der Waals surface area contributed by atoms with Gasteiger partial charge in [0.25, 0.3) is 0 Å². The number of carbonyl (C=O) groups is 1. The van der Waals surface area contributed by atoms with E-state index in [1.54, 1.807) is 0 Å². The van der Waals surface area contributed by atoms with E-state index in [0.29, 0.717) is 12.6 Å². The maximum absolute atomic E-state index is 11.3. The Hall–Kier alpha value is -1.01. The molecular formula is C9H14N2O. The molecule has 1 aliphatic rings. The molecular weight excluding hydrogens is 152 g/mol. The molecule has 0 spiro atoms. The van der Waals surface area contributed by atoms with Gasteiger partial charge < -0.3 is 5.32 Å². The third-order valence-electron chi connectivity index (χ3n) is 1.83. The zero-order valence-electron chi connectivity index (χ0n) is 7.26.